The fourth-order valence-electron chi connectivity index (χ4n) is 3.86. The molecule has 1 aliphatic rings. The van der Waals surface area contributed by atoms with Crippen LogP contribution in [0.5, 0.6) is 0 Å². The van der Waals surface area contributed by atoms with Crippen LogP contribution >= 0.6 is 11.8 Å². The molecular weight excluding hydrogens is 470 g/mol. The van der Waals surface area contributed by atoms with Crippen molar-refractivity contribution in [1.82, 2.24) is 5.32 Å². The fourth-order valence-corrected chi connectivity index (χ4v) is 4.73. The summed E-state index contributed by atoms with van der Waals surface area (Å²) in [5, 5.41) is 16.5. The number of nitro benzene ring substituents is 1. The molecule has 1 fully saturated rings. The van der Waals surface area contributed by atoms with Gasteiger partial charge < -0.3 is 15.4 Å². The number of benzene rings is 2. The van der Waals surface area contributed by atoms with E-state index in [-0.39, 0.29) is 28.6 Å². The van der Waals surface area contributed by atoms with Gasteiger partial charge in [0.1, 0.15) is 0 Å². The zero-order valence-electron chi connectivity index (χ0n) is 19.6. The number of non-ortho nitro benzene ring substituents is 1. The number of aryl methyl sites for hydroxylation is 1. The van der Waals surface area contributed by atoms with Gasteiger partial charge in [-0.05, 0) is 43.4 Å². The number of esters is 1. The number of nitro groups is 1. The van der Waals surface area contributed by atoms with Crippen LogP contribution in [0, 0.1) is 23.0 Å². The predicted molar refractivity (Wildman–Crippen MR) is 133 cm³/mol. The Morgan fingerprint density at radius 1 is 1.09 bits per heavy atom. The third-order valence-corrected chi connectivity index (χ3v) is 6.89. The molecule has 0 saturated heterocycles. The Kier molecular flexibility index (Phi) is 9.66. The zero-order chi connectivity index (χ0) is 25.2. The number of hydrogen-bond acceptors (Lipinski definition) is 7. The summed E-state index contributed by atoms with van der Waals surface area (Å²) in [5.74, 6) is -0.688. The van der Waals surface area contributed by atoms with Crippen molar-refractivity contribution in [2.75, 3.05) is 24.2 Å². The Bertz CT molecular complexity index is 1080. The molecule has 0 spiro atoms. The molecule has 9 nitrogen and oxygen atoms in total. The van der Waals surface area contributed by atoms with Gasteiger partial charge in [-0.2, -0.15) is 0 Å². The lowest BCUT2D eigenvalue weighted by Crippen LogP contribution is -2.31. The number of anilines is 1. The SMILES string of the molecule is Cc1ccc([N+](=O)[O-])cc1NC(=O)COC(=O)c1ccccc1SCC(=O)NCC1CCCCC1. The van der Waals surface area contributed by atoms with Gasteiger partial charge in [0.05, 0.1) is 21.9 Å². The van der Waals surface area contributed by atoms with Crippen LogP contribution < -0.4 is 10.6 Å². The number of ether oxygens (including phenoxy) is 1. The van der Waals surface area contributed by atoms with E-state index in [4.69, 9.17) is 4.74 Å². The molecule has 0 atom stereocenters. The Morgan fingerprint density at radius 2 is 1.83 bits per heavy atom. The largest absolute Gasteiger partial charge is 0.452 e. The second-order valence-corrected chi connectivity index (χ2v) is 9.49. The first-order valence-corrected chi connectivity index (χ1v) is 12.5. The van der Waals surface area contributed by atoms with E-state index < -0.39 is 23.4 Å². The van der Waals surface area contributed by atoms with Gasteiger partial charge in [-0.3, -0.25) is 19.7 Å². The monoisotopic (exact) mass is 499 g/mol. The number of nitrogens with one attached hydrogen (secondary N) is 2. The van der Waals surface area contributed by atoms with Crippen LogP contribution in [-0.2, 0) is 14.3 Å². The molecule has 0 heterocycles. The Hall–Kier alpha value is -3.40. The van der Waals surface area contributed by atoms with E-state index in [0.717, 1.165) is 12.8 Å². The highest BCUT2D eigenvalue weighted by Crippen LogP contribution is 2.25. The smallest absolute Gasteiger partial charge is 0.339 e. The van der Waals surface area contributed by atoms with Gasteiger partial charge in [0.15, 0.2) is 6.61 Å². The fraction of sp³-hybridized carbons (Fsp3) is 0.400. The van der Waals surface area contributed by atoms with Crippen molar-refractivity contribution in [1.29, 1.82) is 0 Å². The minimum absolute atomic E-state index is 0.0875. The molecule has 0 unspecified atom stereocenters. The van der Waals surface area contributed by atoms with Gasteiger partial charge in [-0.15, -0.1) is 11.8 Å². The summed E-state index contributed by atoms with van der Waals surface area (Å²) in [7, 11) is 0. The van der Waals surface area contributed by atoms with Gasteiger partial charge in [-0.25, -0.2) is 4.79 Å². The summed E-state index contributed by atoms with van der Waals surface area (Å²) in [4.78, 5) is 48.1. The van der Waals surface area contributed by atoms with Crippen molar-refractivity contribution in [3.8, 4) is 0 Å². The number of thioether (sulfide) groups is 1. The first kappa shape index (κ1) is 26.2. The molecule has 2 aromatic carbocycles. The normalized spacial score (nSPS) is 13.6. The van der Waals surface area contributed by atoms with Crippen molar-refractivity contribution >= 4 is 40.9 Å². The number of amides is 2. The van der Waals surface area contributed by atoms with Gasteiger partial charge in [0.25, 0.3) is 11.6 Å². The van der Waals surface area contributed by atoms with Crippen LogP contribution in [0.25, 0.3) is 0 Å². The molecule has 0 radical (unpaired) electrons. The molecule has 35 heavy (non-hydrogen) atoms. The van der Waals surface area contributed by atoms with E-state index in [1.54, 1.807) is 31.2 Å². The molecule has 0 aromatic heterocycles. The van der Waals surface area contributed by atoms with E-state index in [0.29, 0.717) is 22.9 Å². The van der Waals surface area contributed by atoms with Crippen LogP contribution in [0.15, 0.2) is 47.4 Å². The molecule has 2 amide bonds. The molecular formula is C25H29N3O6S. The molecule has 2 aromatic rings. The minimum atomic E-state index is -0.693. The maximum absolute atomic E-state index is 12.6. The van der Waals surface area contributed by atoms with E-state index in [1.165, 1.54) is 49.2 Å². The summed E-state index contributed by atoms with van der Waals surface area (Å²) in [5.41, 5.74) is 1.02. The van der Waals surface area contributed by atoms with E-state index in [9.17, 15) is 24.5 Å². The summed E-state index contributed by atoms with van der Waals surface area (Å²) in [6.45, 7) is 1.83. The average molecular weight is 500 g/mol. The van der Waals surface area contributed by atoms with Gasteiger partial charge in [0, 0.05) is 23.6 Å². The summed E-state index contributed by atoms with van der Waals surface area (Å²) in [6, 6.07) is 10.9. The third kappa shape index (κ3) is 8.10. The first-order chi connectivity index (χ1) is 16.8. The summed E-state index contributed by atoms with van der Waals surface area (Å²) < 4.78 is 5.16. The molecule has 1 aliphatic carbocycles. The van der Waals surface area contributed by atoms with Crippen molar-refractivity contribution in [3.05, 3.63) is 63.7 Å². The predicted octanol–water partition coefficient (Wildman–Crippen LogP) is 4.49. The number of carbonyl (C=O) groups excluding carboxylic acids is 3. The number of carbonyl (C=O) groups is 3. The van der Waals surface area contributed by atoms with Gasteiger partial charge >= 0.3 is 5.97 Å². The number of nitrogens with zero attached hydrogens (tertiary/aromatic N) is 1. The lowest BCUT2D eigenvalue weighted by molar-refractivity contribution is -0.384. The lowest BCUT2D eigenvalue weighted by Gasteiger charge is -2.21. The van der Waals surface area contributed by atoms with Crippen molar-refractivity contribution < 1.29 is 24.0 Å². The van der Waals surface area contributed by atoms with Crippen LogP contribution in [0.4, 0.5) is 11.4 Å². The molecule has 2 N–H and O–H groups in total. The van der Waals surface area contributed by atoms with Crippen LogP contribution in [0.1, 0.15) is 48.0 Å². The summed E-state index contributed by atoms with van der Waals surface area (Å²) >= 11 is 1.24. The maximum atomic E-state index is 12.6. The lowest BCUT2D eigenvalue weighted by atomic mass is 9.89. The number of rotatable bonds is 10. The second-order valence-electron chi connectivity index (χ2n) is 8.47. The van der Waals surface area contributed by atoms with Crippen LogP contribution in [0.2, 0.25) is 0 Å². The highest BCUT2D eigenvalue weighted by molar-refractivity contribution is 8.00. The Labute approximate surface area is 208 Å². The van der Waals surface area contributed by atoms with Gasteiger partial charge in [0.2, 0.25) is 5.91 Å². The molecule has 0 aliphatic heterocycles. The quantitative estimate of drug-likeness (QED) is 0.213. The van der Waals surface area contributed by atoms with Crippen molar-refractivity contribution in [2.45, 2.75) is 43.9 Å². The van der Waals surface area contributed by atoms with Gasteiger partial charge in [-0.1, -0.05) is 37.5 Å². The average Bonchev–Trinajstić information content (AvgIpc) is 2.86. The minimum Gasteiger partial charge on any atom is -0.452 e. The zero-order valence-corrected chi connectivity index (χ0v) is 20.4. The second kappa shape index (κ2) is 12.9. The molecule has 186 valence electrons. The topological polar surface area (TPSA) is 128 Å². The Morgan fingerprint density at radius 3 is 2.57 bits per heavy atom. The third-order valence-electron chi connectivity index (χ3n) is 5.82. The van der Waals surface area contributed by atoms with Crippen molar-refractivity contribution in [3.63, 3.8) is 0 Å². The highest BCUT2D eigenvalue weighted by atomic mass is 32.2. The molecule has 0 bridgehead atoms. The molecule has 10 heteroatoms. The first-order valence-electron chi connectivity index (χ1n) is 11.5. The maximum Gasteiger partial charge on any atom is 0.339 e. The van der Waals surface area contributed by atoms with Crippen molar-refractivity contribution in [2.24, 2.45) is 5.92 Å². The van der Waals surface area contributed by atoms with E-state index in [2.05, 4.69) is 10.6 Å². The Balaban J connectivity index is 1.50. The van der Waals surface area contributed by atoms with Crippen LogP contribution in [-0.4, -0.2) is 41.6 Å². The van der Waals surface area contributed by atoms with E-state index in [1.807, 2.05) is 0 Å². The number of hydrogen-bond donors (Lipinski definition) is 2. The molecule has 1 saturated carbocycles. The van der Waals surface area contributed by atoms with Crippen LogP contribution in [0.3, 0.4) is 0 Å². The van der Waals surface area contributed by atoms with E-state index >= 15 is 0 Å². The standard InChI is InChI=1S/C25H29N3O6S/c1-17-11-12-19(28(32)33)13-21(17)27-23(29)15-34-25(31)20-9-5-6-10-22(20)35-16-24(30)26-14-18-7-3-2-4-8-18/h5-6,9-13,18H,2-4,7-8,14-16H2,1H3,(H,26,30)(H,27,29). The summed E-state index contributed by atoms with van der Waals surface area (Å²) in [6.07, 6.45) is 6.00. The highest BCUT2D eigenvalue weighted by Gasteiger charge is 2.18. The molecule has 3 rings (SSSR count).